The van der Waals surface area contributed by atoms with E-state index >= 15 is 0 Å². The van der Waals surface area contributed by atoms with Crippen LogP contribution in [0.25, 0.3) is 5.69 Å². The molecule has 0 spiro atoms. The van der Waals surface area contributed by atoms with Crippen LogP contribution in [0.4, 0.5) is 0 Å². The predicted octanol–water partition coefficient (Wildman–Crippen LogP) is 3.61. The molecule has 0 aliphatic heterocycles. The Labute approximate surface area is 126 Å². The number of hydrogen-bond acceptors (Lipinski definition) is 2. The highest BCUT2D eigenvalue weighted by molar-refractivity contribution is 9.10. The van der Waals surface area contributed by atoms with Gasteiger partial charge in [0.05, 0.1) is 15.9 Å². The SMILES string of the molecule is Cc1cc(C)cc(-n2cc(Br)c(C(C)(C)C(=O)O)n2)c1. The van der Waals surface area contributed by atoms with E-state index in [0.29, 0.717) is 10.2 Å². The van der Waals surface area contributed by atoms with Gasteiger partial charge in [-0.2, -0.15) is 5.10 Å². The third-order valence-corrected chi connectivity index (χ3v) is 3.85. The quantitative estimate of drug-likeness (QED) is 0.931. The third kappa shape index (κ3) is 2.63. The molecule has 0 saturated carbocycles. The van der Waals surface area contributed by atoms with Crippen molar-refractivity contribution in [1.29, 1.82) is 0 Å². The standard InChI is InChI=1S/C15H17BrN2O2/c1-9-5-10(2)7-11(6-9)18-8-12(16)13(17-18)15(3,4)14(19)20/h5-8H,1-4H3,(H,19,20). The van der Waals surface area contributed by atoms with Gasteiger partial charge >= 0.3 is 5.97 Å². The Morgan fingerprint density at radius 3 is 2.30 bits per heavy atom. The van der Waals surface area contributed by atoms with Crippen molar-refractivity contribution in [2.75, 3.05) is 0 Å². The van der Waals surface area contributed by atoms with Crippen LogP contribution >= 0.6 is 15.9 Å². The number of benzene rings is 1. The number of aromatic nitrogens is 2. The molecule has 4 nitrogen and oxygen atoms in total. The molecular formula is C15H17BrN2O2. The maximum absolute atomic E-state index is 11.4. The van der Waals surface area contributed by atoms with Crippen molar-refractivity contribution < 1.29 is 9.90 Å². The molecule has 1 aromatic carbocycles. The number of carboxylic acid groups (broad SMARTS) is 1. The van der Waals surface area contributed by atoms with Crippen molar-refractivity contribution >= 4 is 21.9 Å². The first-order chi connectivity index (χ1) is 9.21. The van der Waals surface area contributed by atoms with Crippen LogP contribution in [0.1, 0.15) is 30.7 Å². The highest BCUT2D eigenvalue weighted by Gasteiger charge is 2.34. The lowest BCUT2D eigenvalue weighted by Gasteiger charge is -2.16. The molecule has 2 rings (SSSR count). The fourth-order valence-corrected chi connectivity index (χ4v) is 2.86. The summed E-state index contributed by atoms with van der Waals surface area (Å²) in [6, 6.07) is 6.12. The lowest BCUT2D eigenvalue weighted by atomic mass is 9.90. The second-order valence-electron chi connectivity index (χ2n) is 5.55. The maximum Gasteiger partial charge on any atom is 0.315 e. The molecule has 0 fully saturated rings. The first-order valence-corrected chi connectivity index (χ1v) is 7.09. The highest BCUT2D eigenvalue weighted by Crippen LogP contribution is 2.30. The average Bonchev–Trinajstić information content (AvgIpc) is 2.70. The summed E-state index contributed by atoms with van der Waals surface area (Å²) in [4.78, 5) is 11.4. The van der Waals surface area contributed by atoms with Gasteiger partial charge in [-0.15, -0.1) is 0 Å². The van der Waals surface area contributed by atoms with Crippen LogP contribution in [-0.2, 0) is 10.2 Å². The van der Waals surface area contributed by atoms with Gasteiger partial charge in [0.25, 0.3) is 0 Å². The van der Waals surface area contributed by atoms with Crippen LogP contribution < -0.4 is 0 Å². The van der Waals surface area contributed by atoms with Gasteiger partial charge in [-0.05, 0) is 66.9 Å². The van der Waals surface area contributed by atoms with E-state index in [4.69, 9.17) is 0 Å². The molecule has 106 valence electrons. The number of carbonyl (C=O) groups is 1. The molecule has 0 saturated heterocycles. The Morgan fingerprint density at radius 2 is 1.80 bits per heavy atom. The predicted molar refractivity (Wildman–Crippen MR) is 81.4 cm³/mol. The van der Waals surface area contributed by atoms with Gasteiger partial charge in [0.2, 0.25) is 0 Å². The maximum atomic E-state index is 11.4. The molecule has 0 bridgehead atoms. The van der Waals surface area contributed by atoms with Crippen LogP contribution in [0.5, 0.6) is 0 Å². The number of aryl methyl sites for hydroxylation is 2. The molecule has 0 unspecified atom stereocenters. The van der Waals surface area contributed by atoms with E-state index in [1.165, 1.54) is 0 Å². The lowest BCUT2D eigenvalue weighted by Crippen LogP contribution is -2.29. The number of hydrogen-bond donors (Lipinski definition) is 1. The molecule has 0 amide bonds. The summed E-state index contributed by atoms with van der Waals surface area (Å²) in [5, 5.41) is 13.8. The van der Waals surface area contributed by atoms with Crippen molar-refractivity contribution in [2.45, 2.75) is 33.1 Å². The van der Waals surface area contributed by atoms with Gasteiger partial charge in [-0.25, -0.2) is 4.68 Å². The van der Waals surface area contributed by atoms with Crippen LogP contribution in [0.3, 0.4) is 0 Å². The minimum atomic E-state index is -1.04. The first kappa shape index (κ1) is 14.8. The molecule has 2 aromatic rings. The Balaban J connectivity index is 2.54. The number of carboxylic acids is 1. The second-order valence-corrected chi connectivity index (χ2v) is 6.40. The van der Waals surface area contributed by atoms with Gasteiger partial charge in [-0.1, -0.05) is 6.07 Å². The van der Waals surface area contributed by atoms with Gasteiger partial charge in [-0.3, -0.25) is 4.79 Å². The van der Waals surface area contributed by atoms with Crippen molar-refractivity contribution in [3.05, 3.63) is 45.7 Å². The summed E-state index contributed by atoms with van der Waals surface area (Å²) in [6.07, 6.45) is 1.80. The van der Waals surface area contributed by atoms with Crippen LogP contribution in [0.15, 0.2) is 28.9 Å². The van der Waals surface area contributed by atoms with Gasteiger partial charge in [0.1, 0.15) is 5.41 Å². The smallest absolute Gasteiger partial charge is 0.315 e. The number of halogens is 1. The van der Waals surface area contributed by atoms with Crippen LogP contribution in [0.2, 0.25) is 0 Å². The Kier molecular flexibility index (Phi) is 3.73. The van der Waals surface area contributed by atoms with E-state index < -0.39 is 11.4 Å². The molecule has 5 heteroatoms. The Hall–Kier alpha value is -1.62. The van der Waals surface area contributed by atoms with Gasteiger partial charge in [0, 0.05) is 6.20 Å². The Morgan fingerprint density at radius 1 is 1.25 bits per heavy atom. The summed E-state index contributed by atoms with van der Waals surface area (Å²) in [5.74, 6) is -0.899. The van der Waals surface area contributed by atoms with E-state index in [9.17, 15) is 9.90 Å². The van der Waals surface area contributed by atoms with Crippen molar-refractivity contribution in [2.24, 2.45) is 0 Å². The Bertz CT molecular complexity index is 654. The van der Waals surface area contributed by atoms with Crippen molar-refractivity contribution in [1.82, 2.24) is 9.78 Å². The summed E-state index contributed by atoms with van der Waals surface area (Å²) in [5.41, 5.74) is 2.69. The fraction of sp³-hybridized carbons (Fsp3) is 0.333. The van der Waals surface area contributed by atoms with Crippen molar-refractivity contribution in [3.63, 3.8) is 0 Å². The normalized spacial score (nSPS) is 11.7. The van der Waals surface area contributed by atoms with E-state index in [-0.39, 0.29) is 0 Å². The summed E-state index contributed by atoms with van der Waals surface area (Å²) < 4.78 is 2.41. The summed E-state index contributed by atoms with van der Waals surface area (Å²) in [7, 11) is 0. The topological polar surface area (TPSA) is 55.1 Å². The van der Waals surface area contributed by atoms with E-state index in [1.54, 1.807) is 24.7 Å². The molecule has 20 heavy (non-hydrogen) atoms. The fourth-order valence-electron chi connectivity index (χ4n) is 2.09. The minimum absolute atomic E-state index is 0.518. The molecule has 0 atom stereocenters. The lowest BCUT2D eigenvalue weighted by molar-refractivity contribution is -0.142. The molecule has 1 N–H and O–H groups in total. The zero-order valence-electron chi connectivity index (χ0n) is 11.9. The molecule has 0 radical (unpaired) electrons. The van der Waals surface area contributed by atoms with Crippen LogP contribution in [0, 0.1) is 13.8 Å². The van der Waals surface area contributed by atoms with E-state index in [1.807, 2.05) is 26.0 Å². The van der Waals surface area contributed by atoms with E-state index in [0.717, 1.165) is 16.8 Å². The molecule has 0 aliphatic carbocycles. The largest absolute Gasteiger partial charge is 0.481 e. The molecule has 1 heterocycles. The number of nitrogens with zero attached hydrogens (tertiary/aromatic N) is 2. The zero-order chi connectivity index (χ0) is 15.1. The summed E-state index contributed by atoms with van der Waals surface area (Å²) >= 11 is 3.41. The monoisotopic (exact) mass is 336 g/mol. The third-order valence-electron chi connectivity index (χ3n) is 3.27. The minimum Gasteiger partial charge on any atom is -0.481 e. The zero-order valence-corrected chi connectivity index (χ0v) is 13.5. The number of rotatable bonds is 3. The van der Waals surface area contributed by atoms with Crippen LogP contribution in [-0.4, -0.2) is 20.9 Å². The summed E-state index contributed by atoms with van der Waals surface area (Å²) in [6.45, 7) is 7.34. The second kappa shape index (κ2) is 5.05. The first-order valence-electron chi connectivity index (χ1n) is 6.29. The highest BCUT2D eigenvalue weighted by atomic mass is 79.9. The molecule has 0 aliphatic rings. The average molecular weight is 337 g/mol. The molecular weight excluding hydrogens is 320 g/mol. The van der Waals surface area contributed by atoms with Crippen molar-refractivity contribution in [3.8, 4) is 5.69 Å². The van der Waals surface area contributed by atoms with E-state index in [2.05, 4.69) is 27.1 Å². The number of aliphatic carboxylic acids is 1. The van der Waals surface area contributed by atoms with Gasteiger partial charge in [0.15, 0.2) is 0 Å². The van der Waals surface area contributed by atoms with Gasteiger partial charge < -0.3 is 5.11 Å². The molecule has 1 aromatic heterocycles.